The van der Waals surface area contributed by atoms with Gasteiger partial charge in [0.05, 0.1) is 39.9 Å². The second kappa shape index (κ2) is 12.8. The first kappa shape index (κ1) is 32.1. The maximum atomic E-state index is 14.9. The van der Waals surface area contributed by atoms with E-state index in [0.717, 1.165) is 12.0 Å². The second-order valence-corrected chi connectivity index (χ2v) is 14.7. The Morgan fingerprint density at radius 1 is 1.27 bits per heavy atom. The fraction of sp³-hybridized carbons (Fsp3) is 0.581. The Kier molecular flexibility index (Phi) is 10.0. The first-order valence-electron chi connectivity index (χ1n) is 14.3. The average Bonchev–Trinajstić information content (AvgIpc) is 3.51. The summed E-state index contributed by atoms with van der Waals surface area (Å²) < 4.78 is -0.837. The third-order valence-electron chi connectivity index (χ3n) is 8.75. The van der Waals surface area contributed by atoms with Crippen molar-refractivity contribution >= 4 is 62.7 Å². The summed E-state index contributed by atoms with van der Waals surface area (Å²) in [6.07, 6.45) is 4.71. The van der Waals surface area contributed by atoms with Gasteiger partial charge in [-0.1, -0.05) is 72.6 Å². The van der Waals surface area contributed by atoms with Crippen LogP contribution in [0.3, 0.4) is 0 Å². The summed E-state index contributed by atoms with van der Waals surface area (Å²) in [5.41, 5.74) is 1.41. The van der Waals surface area contributed by atoms with Gasteiger partial charge in [-0.05, 0) is 37.3 Å². The number of aliphatic hydroxyl groups is 1. The number of amides is 3. The number of thioether (sulfide) groups is 1. The van der Waals surface area contributed by atoms with Gasteiger partial charge < -0.3 is 19.8 Å². The Labute approximate surface area is 261 Å². The molecule has 10 heteroatoms. The molecule has 224 valence electrons. The lowest BCUT2D eigenvalue weighted by Crippen LogP contribution is -2.59. The van der Waals surface area contributed by atoms with Gasteiger partial charge >= 0.3 is 0 Å². The molecular weight excluding hydrogens is 626 g/mol. The van der Waals surface area contributed by atoms with E-state index < -0.39 is 28.7 Å². The summed E-state index contributed by atoms with van der Waals surface area (Å²) >= 11 is 12.1. The van der Waals surface area contributed by atoms with Gasteiger partial charge in [0.15, 0.2) is 0 Å². The fourth-order valence-electron chi connectivity index (χ4n) is 7.07. The van der Waals surface area contributed by atoms with Crippen LogP contribution in [0.25, 0.3) is 0 Å². The Morgan fingerprint density at radius 2 is 1.95 bits per heavy atom. The summed E-state index contributed by atoms with van der Waals surface area (Å²) in [5, 5.41) is 10.8. The number of carbonyl (C=O) groups is 3. The molecule has 1 aromatic rings. The zero-order valence-corrected chi connectivity index (χ0v) is 27.4. The van der Waals surface area contributed by atoms with Crippen molar-refractivity contribution in [3.05, 3.63) is 54.1 Å². The molecule has 0 saturated carbocycles. The van der Waals surface area contributed by atoms with E-state index in [0.29, 0.717) is 30.2 Å². The number of aliphatic hydroxyl groups excluding tert-OH is 1. The van der Waals surface area contributed by atoms with Crippen LogP contribution in [0, 0.1) is 24.7 Å². The lowest BCUT2D eigenvalue weighted by atomic mass is 9.70. The highest BCUT2D eigenvalue weighted by molar-refractivity contribution is 9.09. The quantitative estimate of drug-likeness (QED) is 0.249. The predicted octanol–water partition coefficient (Wildman–Crippen LogP) is 5.07. The van der Waals surface area contributed by atoms with Gasteiger partial charge in [0, 0.05) is 29.7 Å². The van der Waals surface area contributed by atoms with Crippen molar-refractivity contribution in [1.82, 2.24) is 9.80 Å². The van der Waals surface area contributed by atoms with E-state index in [1.165, 1.54) is 0 Å². The molecule has 3 unspecified atom stereocenters. The van der Waals surface area contributed by atoms with E-state index in [-0.39, 0.29) is 46.9 Å². The van der Waals surface area contributed by atoms with Crippen molar-refractivity contribution < 1.29 is 19.5 Å². The molecule has 2 bridgehead atoms. The van der Waals surface area contributed by atoms with E-state index in [4.69, 9.17) is 11.6 Å². The fourth-order valence-corrected chi connectivity index (χ4v) is 11.0. The minimum absolute atomic E-state index is 0.0468. The lowest BCUT2D eigenvalue weighted by molar-refractivity contribution is -0.146. The van der Waals surface area contributed by atoms with Crippen molar-refractivity contribution in [2.45, 2.75) is 67.4 Å². The molecule has 4 rings (SSSR count). The molecule has 1 spiro atoms. The Morgan fingerprint density at radius 3 is 2.51 bits per heavy atom. The summed E-state index contributed by atoms with van der Waals surface area (Å²) in [5.74, 6) is -1.95. The topological polar surface area (TPSA) is 81.2 Å². The van der Waals surface area contributed by atoms with Crippen LogP contribution in [0.2, 0.25) is 5.02 Å². The molecule has 0 aliphatic carbocycles. The number of carbonyl (C=O) groups excluding carboxylic acids is 3. The number of fused-ring (bicyclic) bond motifs is 1. The number of alkyl halides is 1. The number of likely N-dealkylation sites (tertiary alicyclic amines) is 1. The van der Waals surface area contributed by atoms with E-state index in [1.807, 2.05) is 39.8 Å². The van der Waals surface area contributed by atoms with E-state index in [1.54, 1.807) is 44.7 Å². The number of halogens is 2. The van der Waals surface area contributed by atoms with Crippen LogP contribution in [-0.2, 0) is 14.4 Å². The highest BCUT2D eigenvalue weighted by atomic mass is 79.9. The highest BCUT2D eigenvalue weighted by Gasteiger charge is 2.76. The normalized spacial score (nSPS) is 29.0. The van der Waals surface area contributed by atoms with Crippen LogP contribution < -0.4 is 4.90 Å². The SMILES string of the molecule is C=CCN(CCC)C(=O)[C@H]1[C@H]2C(=O)N([C@@H](CO)C(C)C)C(C(=O)N(CC=C)c3c(C)cccc3Cl)C23CC(Br)[C@@H]1S3. The molecule has 3 aliphatic rings. The number of anilines is 1. The van der Waals surface area contributed by atoms with Crippen LogP contribution in [0.4, 0.5) is 5.69 Å². The molecule has 1 N–H and O–H groups in total. The number of benzene rings is 1. The number of nitrogens with zero attached hydrogens (tertiary/aromatic N) is 3. The molecule has 0 aromatic heterocycles. The van der Waals surface area contributed by atoms with Crippen molar-refractivity contribution in [1.29, 1.82) is 0 Å². The molecule has 3 saturated heterocycles. The highest BCUT2D eigenvalue weighted by Crippen LogP contribution is 2.68. The summed E-state index contributed by atoms with van der Waals surface area (Å²) in [4.78, 5) is 48.6. The number of hydrogen-bond acceptors (Lipinski definition) is 5. The van der Waals surface area contributed by atoms with Gasteiger partial charge in [-0.2, -0.15) is 0 Å². The molecule has 41 heavy (non-hydrogen) atoms. The predicted molar refractivity (Wildman–Crippen MR) is 171 cm³/mol. The van der Waals surface area contributed by atoms with Gasteiger partial charge in [-0.3, -0.25) is 14.4 Å². The van der Waals surface area contributed by atoms with Crippen LogP contribution in [-0.4, -0.2) is 85.8 Å². The smallest absolute Gasteiger partial charge is 0.251 e. The number of hydrogen-bond donors (Lipinski definition) is 1. The maximum Gasteiger partial charge on any atom is 0.251 e. The molecule has 1 aromatic carbocycles. The van der Waals surface area contributed by atoms with Crippen LogP contribution in [0.1, 0.15) is 39.2 Å². The van der Waals surface area contributed by atoms with Gasteiger partial charge in [0.25, 0.3) is 5.91 Å². The molecule has 7 nitrogen and oxygen atoms in total. The largest absolute Gasteiger partial charge is 0.394 e. The van der Waals surface area contributed by atoms with Crippen molar-refractivity contribution in [3.8, 4) is 0 Å². The zero-order valence-electron chi connectivity index (χ0n) is 24.3. The summed E-state index contributed by atoms with van der Waals surface area (Å²) in [7, 11) is 0. The Hall–Kier alpha value is -1.81. The van der Waals surface area contributed by atoms with E-state index >= 15 is 0 Å². The molecule has 3 heterocycles. The first-order valence-corrected chi connectivity index (χ1v) is 16.5. The number of rotatable bonds is 12. The lowest BCUT2D eigenvalue weighted by Gasteiger charge is -2.41. The standard InChI is InChI=1S/C31H41BrClN3O4S/c1-7-13-34(14-8-2)28(38)23-24-29(39)36(22(17-37)18(4)5)27(31(24)16-20(32)26(23)41-31)30(40)35(15-9-3)25-19(6)11-10-12-21(25)33/h7,9-12,18,20,22-24,26-27,37H,1,3,8,13-17H2,2,4-6H3/t20?,22-,23-,24-,26-,27?,31?/m0/s1. The van der Waals surface area contributed by atoms with Crippen LogP contribution >= 0.6 is 39.3 Å². The summed E-state index contributed by atoms with van der Waals surface area (Å²) in [6, 6.07) is 4.01. The van der Waals surface area contributed by atoms with Gasteiger partial charge in [-0.25, -0.2) is 0 Å². The van der Waals surface area contributed by atoms with Crippen LogP contribution in [0.15, 0.2) is 43.5 Å². The van der Waals surface area contributed by atoms with Gasteiger partial charge in [0.2, 0.25) is 11.8 Å². The maximum absolute atomic E-state index is 14.9. The van der Waals surface area contributed by atoms with Crippen molar-refractivity contribution in [2.75, 3.05) is 31.1 Å². The number of aryl methyl sites for hydroxylation is 1. The van der Waals surface area contributed by atoms with Crippen LogP contribution in [0.5, 0.6) is 0 Å². The van der Waals surface area contributed by atoms with E-state index in [9.17, 15) is 19.5 Å². The molecule has 7 atom stereocenters. The first-order chi connectivity index (χ1) is 19.5. The van der Waals surface area contributed by atoms with Gasteiger partial charge in [0.1, 0.15) is 6.04 Å². The third-order valence-corrected chi connectivity index (χ3v) is 12.3. The zero-order chi connectivity index (χ0) is 30.2. The third kappa shape index (κ3) is 5.30. The monoisotopic (exact) mass is 665 g/mol. The molecule has 3 fully saturated rings. The van der Waals surface area contributed by atoms with Crippen molar-refractivity contribution in [2.24, 2.45) is 17.8 Å². The Balaban J connectivity index is 1.89. The minimum atomic E-state index is -0.887. The number of para-hydroxylation sites is 1. The minimum Gasteiger partial charge on any atom is -0.394 e. The van der Waals surface area contributed by atoms with Crippen molar-refractivity contribution in [3.63, 3.8) is 0 Å². The molecule has 3 amide bonds. The second-order valence-electron chi connectivity index (χ2n) is 11.6. The molecular formula is C31H41BrClN3O4S. The molecule has 3 aliphatic heterocycles. The van der Waals surface area contributed by atoms with E-state index in [2.05, 4.69) is 29.1 Å². The molecule has 0 radical (unpaired) electrons. The summed E-state index contributed by atoms with van der Waals surface area (Å²) in [6.45, 7) is 16.4. The van der Waals surface area contributed by atoms with Gasteiger partial charge in [-0.15, -0.1) is 24.9 Å². The Bertz CT molecular complexity index is 1190. The average molecular weight is 667 g/mol.